The van der Waals surface area contributed by atoms with Crippen molar-refractivity contribution in [2.24, 2.45) is 0 Å². The Morgan fingerprint density at radius 1 is 1.47 bits per heavy atom. The summed E-state index contributed by atoms with van der Waals surface area (Å²) in [6.45, 7) is 0.0752. The summed E-state index contributed by atoms with van der Waals surface area (Å²) in [4.78, 5) is 11.9. The molecule has 2 aromatic rings. The molecule has 0 spiro atoms. The first-order valence-electron chi connectivity index (χ1n) is 5.25. The van der Waals surface area contributed by atoms with Crippen LogP contribution in [0.15, 0.2) is 22.9 Å². The minimum absolute atomic E-state index is 0.0353. The number of carbonyl (C=O) groups excluding carboxylic acids is 1. The number of thiophene rings is 1. The van der Waals surface area contributed by atoms with Crippen LogP contribution in [0.1, 0.15) is 22.0 Å². The first-order chi connectivity index (χ1) is 9.08. The van der Waals surface area contributed by atoms with Crippen LogP contribution in [-0.4, -0.2) is 27.8 Å². The Bertz CT molecular complexity index is 577. The lowest BCUT2D eigenvalue weighted by atomic mass is 10.2. The number of carbonyl (C=O) groups is 1. The first kappa shape index (κ1) is 14.2. The monoisotopic (exact) mass is 317 g/mol. The van der Waals surface area contributed by atoms with Crippen molar-refractivity contribution < 1.29 is 9.90 Å². The Balaban J connectivity index is 2.00. The molecule has 100 valence electrons. The van der Waals surface area contributed by atoms with Gasteiger partial charge in [0.05, 0.1) is 11.7 Å². The number of amides is 1. The summed E-state index contributed by atoms with van der Waals surface area (Å²) in [5.74, 6) is -0.462. The molecule has 0 aliphatic heterocycles. The zero-order valence-electron chi connectivity index (χ0n) is 9.51. The van der Waals surface area contributed by atoms with E-state index in [1.807, 2.05) is 10.8 Å². The van der Waals surface area contributed by atoms with E-state index in [9.17, 15) is 9.90 Å². The summed E-state index contributed by atoms with van der Waals surface area (Å²) in [7, 11) is 0. The van der Waals surface area contributed by atoms with E-state index >= 15 is 0 Å². The van der Waals surface area contributed by atoms with Crippen molar-refractivity contribution in [3.8, 4) is 0 Å². The lowest BCUT2D eigenvalue weighted by molar-refractivity contribution is 0.0916. The molecule has 2 rings (SSSR count). The first-order valence-corrected chi connectivity index (χ1v) is 6.95. The van der Waals surface area contributed by atoms with Crippen molar-refractivity contribution >= 4 is 40.4 Å². The van der Waals surface area contributed by atoms with Gasteiger partial charge in [-0.15, -0.1) is 10.2 Å². The molecule has 2 heterocycles. The number of halogens is 2. The van der Waals surface area contributed by atoms with E-state index in [1.54, 1.807) is 6.07 Å². The molecule has 0 bridgehead atoms. The minimum Gasteiger partial charge on any atom is -0.387 e. The number of hydrogen-bond acceptors (Lipinski definition) is 5. The predicted octanol–water partition coefficient (Wildman–Crippen LogP) is 2.31. The zero-order valence-corrected chi connectivity index (χ0v) is 11.8. The fraction of sp³-hybridized carbons (Fsp3) is 0.182. The number of aromatic nitrogens is 2. The van der Waals surface area contributed by atoms with Crippen LogP contribution in [0.25, 0.3) is 0 Å². The van der Waals surface area contributed by atoms with Crippen LogP contribution in [0.3, 0.4) is 0 Å². The molecule has 5 nitrogen and oxygen atoms in total. The van der Waals surface area contributed by atoms with E-state index in [1.165, 1.54) is 17.4 Å². The molecule has 0 saturated heterocycles. The third-order valence-electron chi connectivity index (χ3n) is 2.35. The van der Waals surface area contributed by atoms with Gasteiger partial charge in [0.2, 0.25) is 0 Å². The van der Waals surface area contributed by atoms with E-state index < -0.39 is 12.0 Å². The molecule has 0 aliphatic rings. The molecular weight excluding hydrogens is 309 g/mol. The maximum Gasteiger partial charge on any atom is 0.254 e. The van der Waals surface area contributed by atoms with Gasteiger partial charge in [-0.25, -0.2) is 0 Å². The van der Waals surface area contributed by atoms with Crippen LogP contribution in [0.4, 0.5) is 0 Å². The van der Waals surface area contributed by atoms with Crippen LogP contribution in [0.2, 0.25) is 10.3 Å². The average Bonchev–Trinajstić information content (AvgIpc) is 2.92. The van der Waals surface area contributed by atoms with Gasteiger partial charge in [0, 0.05) is 6.54 Å². The number of rotatable bonds is 4. The van der Waals surface area contributed by atoms with Crippen molar-refractivity contribution in [2.75, 3.05) is 6.54 Å². The summed E-state index contributed by atoms with van der Waals surface area (Å²) in [6.07, 6.45) is -0.765. The summed E-state index contributed by atoms with van der Waals surface area (Å²) in [6, 6.07) is 3.11. The molecule has 1 unspecified atom stereocenters. The van der Waals surface area contributed by atoms with Crippen LogP contribution in [-0.2, 0) is 0 Å². The van der Waals surface area contributed by atoms with Gasteiger partial charge in [-0.05, 0) is 28.5 Å². The van der Waals surface area contributed by atoms with Crippen molar-refractivity contribution in [1.29, 1.82) is 0 Å². The van der Waals surface area contributed by atoms with Gasteiger partial charge < -0.3 is 10.4 Å². The van der Waals surface area contributed by atoms with Gasteiger partial charge >= 0.3 is 0 Å². The fourth-order valence-corrected chi connectivity index (χ4v) is 2.41. The van der Waals surface area contributed by atoms with Gasteiger partial charge in [0.15, 0.2) is 10.3 Å². The van der Waals surface area contributed by atoms with Gasteiger partial charge in [-0.3, -0.25) is 4.79 Å². The molecule has 0 aliphatic carbocycles. The quantitative estimate of drug-likeness (QED) is 0.907. The van der Waals surface area contributed by atoms with Gasteiger partial charge in [0.25, 0.3) is 5.91 Å². The summed E-state index contributed by atoms with van der Waals surface area (Å²) >= 11 is 12.9. The molecule has 2 N–H and O–H groups in total. The highest BCUT2D eigenvalue weighted by molar-refractivity contribution is 7.07. The topological polar surface area (TPSA) is 75.1 Å². The van der Waals surface area contributed by atoms with Crippen molar-refractivity contribution in [3.05, 3.63) is 44.3 Å². The molecule has 0 saturated carbocycles. The maximum atomic E-state index is 11.9. The van der Waals surface area contributed by atoms with Gasteiger partial charge in [-0.1, -0.05) is 23.2 Å². The number of nitrogens with one attached hydrogen (secondary N) is 1. The second kappa shape index (κ2) is 6.29. The maximum absolute atomic E-state index is 11.9. The highest BCUT2D eigenvalue weighted by Gasteiger charge is 2.15. The molecule has 8 heteroatoms. The second-order valence-electron chi connectivity index (χ2n) is 3.65. The highest BCUT2D eigenvalue weighted by atomic mass is 35.5. The lowest BCUT2D eigenvalue weighted by Gasteiger charge is -2.10. The normalized spacial score (nSPS) is 12.2. The second-order valence-corrected chi connectivity index (χ2v) is 5.18. The minimum atomic E-state index is -0.765. The molecular formula is C11H9Cl2N3O2S. The van der Waals surface area contributed by atoms with Crippen LogP contribution >= 0.6 is 34.5 Å². The number of aliphatic hydroxyl groups excluding tert-OH is 1. The molecule has 0 fully saturated rings. The summed E-state index contributed by atoms with van der Waals surface area (Å²) in [5.41, 5.74) is 0.876. The third-order valence-corrected chi connectivity index (χ3v) is 3.51. The predicted molar refractivity (Wildman–Crippen MR) is 73.7 cm³/mol. The Morgan fingerprint density at radius 3 is 2.95 bits per heavy atom. The molecule has 1 atom stereocenters. The van der Waals surface area contributed by atoms with Crippen LogP contribution < -0.4 is 5.32 Å². The summed E-state index contributed by atoms with van der Waals surface area (Å²) < 4.78 is 0. The Labute approximate surface area is 123 Å². The molecule has 19 heavy (non-hydrogen) atoms. The smallest absolute Gasteiger partial charge is 0.254 e. The van der Waals surface area contributed by atoms with E-state index in [0.29, 0.717) is 0 Å². The number of aliphatic hydroxyl groups is 1. The number of nitrogens with zero attached hydrogens (tertiary/aromatic N) is 2. The van der Waals surface area contributed by atoms with Crippen molar-refractivity contribution in [2.45, 2.75) is 6.10 Å². The Kier molecular flexibility index (Phi) is 4.71. The standard InChI is InChI=1S/C11H9Cl2N3O2S/c12-9-3-7(10(13)16-15-9)11(18)14-4-8(17)6-1-2-19-5-6/h1-3,5,8,17H,4H2,(H,14,18). The fourth-order valence-electron chi connectivity index (χ4n) is 1.38. The molecule has 0 radical (unpaired) electrons. The van der Waals surface area contributed by atoms with Crippen LogP contribution in [0, 0.1) is 0 Å². The average molecular weight is 318 g/mol. The molecule has 1 amide bonds. The van der Waals surface area contributed by atoms with E-state index in [-0.39, 0.29) is 22.4 Å². The van der Waals surface area contributed by atoms with Gasteiger partial charge in [0.1, 0.15) is 0 Å². The highest BCUT2D eigenvalue weighted by Crippen LogP contribution is 2.17. The summed E-state index contributed by atoms with van der Waals surface area (Å²) in [5, 5.41) is 23.2. The Hall–Kier alpha value is -1.21. The van der Waals surface area contributed by atoms with E-state index in [2.05, 4.69) is 15.5 Å². The SMILES string of the molecule is O=C(NCC(O)c1ccsc1)c1cc(Cl)nnc1Cl. The van der Waals surface area contributed by atoms with Crippen molar-refractivity contribution in [3.63, 3.8) is 0 Å². The molecule has 0 aromatic carbocycles. The van der Waals surface area contributed by atoms with E-state index in [0.717, 1.165) is 5.56 Å². The molecule has 2 aromatic heterocycles. The zero-order chi connectivity index (χ0) is 13.8. The largest absolute Gasteiger partial charge is 0.387 e. The van der Waals surface area contributed by atoms with Gasteiger partial charge in [-0.2, -0.15) is 11.3 Å². The van der Waals surface area contributed by atoms with Crippen LogP contribution in [0.5, 0.6) is 0 Å². The van der Waals surface area contributed by atoms with E-state index in [4.69, 9.17) is 23.2 Å². The third kappa shape index (κ3) is 3.63. The lowest BCUT2D eigenvalue weighted by Crippen LogP contribution is -2.28. The van der Waals surface area contributed by atoms with Crippen molar-refractivity contribution in [1.82, 2.24) is 15.5 Å². The number of hydrogen-bond donors (Lipinski definition) is 2. The Morgan fingerprint density at radius 2 is 2.26 bits per heavy atom.